The molecule has 2 N–H and O–H groups in total. The summed E-state index contributed by atoms with van der Waals surface area (Å²) in [4.78, 5) is 61.8. The van der Waals surface area contributed by atoms with Crippen molar-refractivity contribution in [3.63, 3.8) is 0 Å². The van der Waals surface area contributed by atoms with Gasteiger partial charge in [0, 0.05) is 23.9 Å². The average molecular weight is 735 g/mol. The van der Waals surface area contributed by atoms with Gasteiger partial charge in [-0.1, -0.05) is 50.3 Å². The van der Waals surface area contributed by atoms with Gasteiger partial charge in [0.2, 0.25) is 27.7 Å². The van der Waals surface area contributed by atoms with Gasteiger partial charge in [-0.2, -0.15) is 0 Å². The molecule has 0 radical (unpaired) electrons. The molecule has 3 amide bonds. The summed E-state index contributed by atoms with van der Waals surface area (Å²) in [6.07, 6.45) is 13.1. The Bertz CT molecular complexity index is 1820. The van der Waals surface area contributed by atoms with Crippen LogP contribution in [-0.2, 0) is 40.4 Å². The van der Waals surface area contributed by atoms with E-state index in [0.717, 1.165) is 75.0 Å². The first-order chi connectivity index (χ1) is 25.1. The number of aromatic nitrogens is 1. The fraction of sp³-hybridized carbons (Fsp3) is 0.615. The summed E-state index contributed by atoms with van der Waals surface area (Å²) >= 11 is 0. The van der Waals surface area contributed by atoms with Crippen molar-refractivity contribution in [3.8, 4) is 5.88 Å². The van der Waals surface area contributed by atoms with Gasteiger partial charge in [-0.15, -0.1) is 6.58 Å². The third-order valence-electron chi connectivity index (χ3n) is 11.7. The lowest BCUT2D eigenvalue weighted by Crippen LogP contribution is -2.57. The molecule has 13 heteroatoms. The Morgan fingerprint density at radius 1 is 1.00 bits per heavy atom. The van der Waals surface area contributed by atoms with Crippen LogP contribution in [0.4, 0.5) is 0 Å². The van der Waals surface area contributed by atoms with Gasteiger partial charge in [-0.3, -0.25) is 23.9 Å². The number of cyclic esters (lactones) is 1. The van der Waals surface area contributed by atoms with Gasteiger partial charge >= 0.3 is 5.97 Å². The van der Waals surface area contributed by atoms with Crippen LogP contribution in [0.5, 0.6) is 5.88 Å². The van der Waals surface area contributed by atoms with E-state index in [1.807, 2.05) is 6.07 Å². The number of rotatable bonds is 7. The zero-order valence-corrected chi connectivity index (χ0v) is 30.5. The van der Waals surface area contributed by atoms with Crippen molar-refractivity contribution in [2.75, 3.05) is 13.2 Å². The van der Waals surface area contributed by atoms with E-state index in [-0.39, 0.29) is 37.6 Å². The first-order valence-electron chi connectivity index (χ1n) is 19.1. The minimum Gasteiger partial charge on any atom is -0.472 e. The molecule has 4 fully saturated rings. The molecule has 1 saturated heterocycles. The van der Waals surface area contributed by atoms with Crippen LogP contribution in [0.25, 0.3) is 10.8 Å². The summed E-state index contributed by atoms with van der Waals surface area (Å²) in [6.45, 7) is 4.19. The van der Waals surface area contributed by atoms with Gasteiger partial charge in [0.15, 0.2) is 0 Å². The van der Waals surface area contributed by atoms with Gasteiger partial charge in [-0.05, 0) is 80.4 Å². The van der Waals surface area contributed by atoms with Crippen LogP contribution in [0.2, 0.25) is 0 Å². The number of carbonyl (C=O) groups excluding carboxylic acids is 4. The highest BCUT2D eigenvalue weighted by molar-refractivity contribution is 7.91. The van der Waals surface area contributed by atoms with Crippen LogP contribution in [0.15, 0.2) is 43.1 Å². The van der Waals surface area contributed by atoms with Crippen LogP contribution in [0.3, 0.4) is 0 Å². The molecule has 1 unspecified atom stereocenters. The number of amides is 3. The monoisotopic (exact) mass is 734 g/mol. The van der Waals surface area contributed by atoms with Crippen molar-refractivity contribution in [2.24, 2.45) is 17.8 Å². The van der Waals surface area contributed by atoms with Gasteiger partial charge < -0.3 is 19.7 Å². The predicted octanol–water partition coefficient (Wildman–Crippen LogP) is 4.50. The third-order valence-corrected chi connectivity index (χ3v) is 13.5. The van der Waals surface area contributed by atoms with Crippen molar-refractivity contribution < 1.29 is 37.1 Å². The fourth-order valence-corrected chi connectivity index (χ4v) is 9.77. The standard InChI is InChI=1S/C39H50N4O8S/c1-2-28-23-39(28,38(47)42-52(48,49)30-15-16-30)41-35(45)33-21-29-24-43(33)37(46)32(26-11-7-8-12-26)22-34(44)50-19-9-5-3-4-6-10-25-13-14-27-17-18-40-36(51-29)31(27)20-25/h2,13-14,17-18,20,26,28-30,32-33H,1,3-12,15-16,19,21-24H2,(H,41,45)(H,42,47)/t28-,29-,32?,33+,39-/m1/s1. The third kappa shape index (κ3) is 7.84. The van der Waals surface area contributed by atoms with E-state index >= 15 is 0 Å². The normalized spacial score (nSPS) is 29.3. The fourth-order valence-electron chi connectivity index (χ4n) is 8.40. The van der Waals surface area contributed by atoms with Crippen LogP contribution in [0, 0.1) is 17.8 Å². The number of benzene rings is 1. The molecule has 1 aromatic carbocycles. The molecule has 0 spiro atoms. The molecule has 1 aromatic heterocycles. The minimum atomic E-state index is -3.87. The largest absolute Gasteiger partial charge is 0.472 e. The summed E-state index contributed by atoms with van der Waals surface area (Å²) in [5, 5.41) is 4.06. The van der Waals surface area contributed by atoms with Gasteiger partial charge in [0.05, 0.1) is 30.7 Å². The highest BCUT2D eigenvalue weighted by Gasteiger charge is 2.62. The van der Waals surface area contributed by atoms with Gasteiger partial charge in [0.25, 0.3) is 5.91 Å². The van der Waals surface area contributed by atoms with E-state index in [2.05, 4.69) is 39.8 Å². The number of pyridine rings is 1. The maximum atomic E-state index is 14.7. The molecule has 280 valence electrons. The summed E-state index contributed by atoms with van der Waals surface area (Å²) in [5.41, 5.74) is -0.331. The molecule has 5 atom stereocenters. The Morgan fingerprint density at radius 2 is 1.77 bits per heavy atom. The van der Waals surface area contributed by atoms with Crippen molar-refractivity contribution >= 4 is 44.5 Å². The Hall–Kier alpha value is -4.00. The van der Waals surface area contributed by atoms with Gasteiger partial charge in [-0.25, -0.2) is 13.4 Å². The summed E-state index contributed by atoms with van der Waals surface area (Å²) in [7, 11) is -3.87. The van der Waals surface area contributed by atoms with Crippen molar-refractivity contribution in [3.05, 3.63) is 48.7 Å². The van der Waals surface area contributed by atoms with Crippen LogP contribution in [0.1, 0.15) is 95.5 Å². The molecule has 3 saturated carbocycles. The van der Waals surface area contributed by atoms with Crippen molar-refractivity contribution in [1.29, 1.82) is 0 Å². The highest BCUT2D eigenvalue weighted by Crippen LogP contribution is 2.46. The molecule has 2 aromatic rings. The SMILES string of the molecule is C=C[C@@H]1C[C@]1(NC(=O)[C@@H]1C[C@@H]2CN1C(=O)C(C1CCCC1)CC(=O)OCCCCCCCc1ccc3ccnc(c3c1)O2)C(=O)NS(=O)(=O)C1CC1. The second kappa shape index (κ2) is 15.2. The van der Waals surface area contributed by atoms with Crippen LogP contribution >= 0.6 is 0 Å². The molecule has 5 aliphatic rings. The number of esters is 1. The Kier molecular flexibility index (Phi) is 10.6. The highest BCUT2D eigenvalue weighted by atomic mass is 32.2. The quantitative estimate of drug-likeness (QED) is 0.308. The zero-order valence-electron chi connectivity index (χ0n) is 29.7. The average Bonchev–Trinajstić information content (AvgIpc) is 4.00. The second-order valence-electron chi connectivity index (χ2n) is 15.4. The second-order valence-corrected chi connectivity index (χ2v) is 17.4. The lowest BCUT2D eigenvalue weighted by Gasteiger charge is -2.31. The maximum absolute atomic E-state index is 14.7. The Labute approximate surface area is 305 Å². The Morgan fingerprint density at radius 3 is 2.52 bits per heavy atom. The lowest BCUT2D eigenvalue weighted by molar-refractivity contribution is -0.152. The van der Waals surface area contributed by atoms with Crippen molar-refractivity contribution in [2.45, 2.75) is 119 Å². The van der Waals surface area contributed by atoms with E-state index in [0.29, 0.717) is 25.3 Å². The first kappa shape index (κ1) is 36.4. The summed E-state index contributed by atoms with van der Waals surface area (Å²) in [6, 6.07) is 7.18. The maximum Gasteiger partial charge on any atom is 0.306 e. The number of ether oxygens (including phenoxy) is 2. The van der Waals surface area contributed by atoms with E-state index < -0.39 is 62.6 Å². The van der Waals surface area contributed by atoms with Crippen LogP contribution < -0.4 is 14.8 Å². The topological polar surface area (TPSA) is 161 Å². The zero-order chi connectivity index (χ0) is 36.5. The number of carbonyl (C=O) groups is 4. The minimum absolute atomic E-state index is 0.0296. The number of hydrogen-bond donors (Lipinski definition) is 2. The van der Waals surface area contributed by atoms with Crippen molar-refractivity contribution in [1.82, 2.24) is 19.9 Å². The number of fused-ring (bicyclic) bond motifs is 3. The number of aryl methyl sites for hydroxylation is 1. The predicted molar refractivity (Wildman–Crippen MR) is 193 cm³/mol. The molecule has 12 nitrogen and oxygen atoms in total. The number of sulfonamides is 1. The molecule has 3 aliphatic carbocycles. The number of hydrogen-bond acceptors (Lipinski definition) is 9. The molecular weight excluding hydrogens is 685 g/mol. The first-order valence-corrected chi connectivity index (χ1v) is 20.6. The Balaban J connectivity index is 1.19. The molecule has 7 rings (SSSR count). The molecule has 4 bridgehead atoms. The van der Waals surface area contributed by atoms with Gasteiger partial charge in [0.1, 0.15) is 17.7 Å². The molecule has 3 heterocycles. The molecule has 52 heavy (non-hydrogen) atoms. The van der Waals surface area contributed by atoms with E-state index in [1.54, 1.807) is 6.20 Å². The smallest absolute Gasteiger partial charge is 0.306 e. The molecular formula is C39H50N4O8S. The summed E-state index contributed by atoms with van der Waals surface area (Å²) in [5.74, 6) is -2.87. The number of nitrogens with zero attached hydrogens (tertiary/aromatic N) is 2. The van der Waals surface area contributed by atoms with E-state index in [1.165, 1.54) is 16.5 Å². The van der Waals surface area contributed by atoms with E-state index in [4.69, 9.17) is 9.47 Å². The lowest BCUT2D eigenvalue weighted by atomic mass is 9.86. The van der Waals surface area contributed by atoms with E-state index in [9.17, 15) is 27.6 Å². The van der Waals surface area contributed by atoms with Crippen LogP contribution in [-0.4, -0.2) is 78.1 Å². The summed E-state index contributed by atoms with van der Waals surface area (Å²) < 4.78 is 39.8. The number of nitrogens with one attached hydrogen (secondary N) is 2. The molecule has 2 aliphatic heterocycles.